The molecule has 1 N–H and O–H groups in total. The number of pyridine rings is 2. The number of nitrogens with zero attached hydrogens (tertiary/aromatic N) is 3. The maximum Gasteiger partial charge on any atom is 0.329 e. The van der Waals surface area contributed by atoms with E-state index in [1.165, 1.54) is 16.7 Å². The summed E-state index contributed by atoms with van der Waals surface area (Å²) in [7, 11) is 0. The Morgan fingerprint density at radius 2 is 1.96 bits per heavy atom. The van der Waals surface area contributed by atoms with Crippen LogP contribution < -0.4 is 10.2 Å². The van der Waals surface area contributed by atoms with Crippen LogP contribution in [0.1, 0.15) is 11.3 Å². The van der Waals surface area contributed by atoms with E-state index in [-0.39, 0.29) is 11.9 Å². The van der Waals surface area contributed by atoms with Crippen LogP contribution >= 0.6 is 11.8 Å². The van der Waals surface area contributed by atoms with Gasteiger partial charge in [-0.1, -0.05) is 30.3 Å². The molecule has 0 radical (unpaired) electrons. The molecule has 3 amide bonds. The molecule has 7 heteroatoms. The topological polar surface area (TPSA) is 75.2 Å². The molecule has 2 aromatic heterocycles. The molecule has 1 saturated heterocycles. The van der Waals surface area contributed by atoms with E-state index in [0.29, 0.717) is 5.69 Å². The largest absolute Gasteiger partial charge is 0.329 e. The molecule has 2 aliphatic rings. The van der Waals surface area contributed by atoms with Crippen molar-refractivity contribution in [2.24, 2.45) is 0 Å². The minimum atomic E-state index is -0.426. The summed E-state index contributed by atoms with van der Waals surface area (Å²) in [4.78, 5) is 36.8. The highest BCUT2D eigenvalue weighted by Crippen LogP contribution is 2.43. The van der Waals surface area contributed by atoms with E-state index in [1.807, 2.05) is 49.4 Å². The number of benzene rings is 1. The van der Waals surface area contributed by atoms with Crippen LogP contribution in [-0.2, 0) is 4.79 Å². The number of hydrogen-bond acceptors (Lipinski definition) is 5. The fourth-order valence-electron chi connectivity index (χ4n) is 3.66. The molecule has 0 saturated carbocycles. The quantitative estimate of drug-likeness (QED) is 0.727. The second-order valence-electron chi connectivity index (χ2n) is 6.73. The van der Waals surface area contributed by atoms with E-state index >= 15 is 0 Å². The molecule has 0 bridgehead atoms. The summed E-state index contributed by atoms with van der Waals surface area (Å²) < 4.78 is 0. The number of carbonyl (C=O) groups is 2. The van der Waals surface area contributed by atoms with Crippen LogP contribution in [0, 0.1) is 6.92 Å². The number of hydrogen-bond donors (Lipinski definition) is 1. The highest BCUT2D eigenvalue weighted by molar-refractivity contribution is 8.09. The first-order valence-electron chi connectivity index (χ1n) is 8.91. The van der Waals surface area contributed by atoms with Crippen molar-refractivity contribution in [2.75, 3.05) is 4.90 Å². The molecule has 6 nitrogen and oxygen atoms in total. The van der Waals surface area contributed by atoms with E-state index in [2.05, 4.69) is 15.3 Å². The molecular weight excluding hydrogens is 372 g/mol. The van der Waals surface area contributed by atoms with Crippen molar-refractivity contribution in [3.63, 3.8) is 0 Å². The van der Waals surface area contributed by atoms with Gasteiger partial charge in [-0.05, 0) is 19.1 Å². The summed E-state index contributed by atoms with van der Waals surface area (Å²) in [5.74, 6) is -0.232. The number of amides is 3. The molecule has 2 aliphatic heterocycles. The van der Waals surface area contributed by atoms with Crippen LogP contribution in [0.4, 0.5) is 10.5 Å². The van der Waals surface area contributed by atoms with Gasteiger partial charge in [-0.2, -0.15) is 0 Å². The summed E-state index contributed by atoms with van der Waals surface area (Å²) in [6, 6.07) is 10.7. The number of rotatable bonds is 2. The van der Waals surface area contributed by atoms with E-state index in [1.54, 1.807) is 18.6 Å². The van der Waals surface area contributed by atoms with Gasteiger partial charge in [0.2, 0.25) is 0 Å². The number of urea groups is 1. The number of thioether (sulfide) groups is 1. The number of imide groups is 1. The van der Waals surface area contributed by atoms with Crippen molar-refractivity contribution in [1.29, 1.82) is 0 Å². The smallest absolute Gasteiger partial charge is 0.329 e. The summed E-state index contributed by atoms with van der Waals surface area (Å²) in [6.45, 7) is 1.94. The molecule has 28 heavy (non-hydrogen) atoms. The Morgan fingerprint density at radius 3 is 2.82 bits per heavy atom. The summed E-state index contributed by atoms with van der Waals surface area (Å²) >= 11 is 1.47. The summed E-state index contributed by atoms with van der Waals surface area (Å²) in [6.07, 6.45) is 6.99. The van der Waals surface area contributed by atoms with Crippen LogP contribution in [-0.4, -0.2) is 33.2 Å². The van der Waals surface area contributed by atoms with Crippen molar-refractivity contribution in [3.05, 3.63) is 72.3 Å². The van der Waals surface area contributed by atoms with Gasteiger partial charge < -0.3 is 5.32 Å². The highest BCUT2D eigenvalue weighted by atomic mass is 32.2. The van der Waals surface area contributed by atoms with Crippen molar-refractivity contribution in [3.8, 4) is 0 Å². The first kappa shape index (κ1) is 16.9. The molecule has 0 spiro atoms. The first-order valence-corrected chi connectivity index (χ1v) is 9.79. The zero-order valence-electron chi connectivity index (χ0n) is 15.0. The molecule has 5 rings (SSSR count). The Balaban J connectivity index is 1.52. The van der Waals surface area contributed by atoms with Crippen molar-refractivity contribution < 1.29 is 9.59 Å². The maximum atomic E-state index is 13.3. The predicted octanol–water partition coefficient (Wildman–Crippen LogP) is 3.52. The third-order valence-electron chi connectivity index (χ3n) is 5.03. The van der Waals surface area contributed by atoms with Gasteiger partial charge in [-0.3, -0.25) is 14.8 Å². The fraction of sp³-hybridized carbons (Fsp3) is 0.143. The second kappa shape index (κ2) is 6.45. The van der Waals surface area contributed by atoms with Crippen LogP contribution in [0.15, 0.2) is 61.1 Å². The lowest BCUT2D eigenvalue weighted by atomic mass is 10.1. The SMILES string of the molecule is Cc1ncccc1C1=CC2NC(=O)N(c3cncc4ccccc34)C(=O)C2S1. The van der Waals surface area contributed by atoms with Crippen LogP contribution in [0.25, 0.3) is 15.7 Å². The van der Waals surface area contributed by atoms with Gasteiger partial charge in [0.05, 0.1) is 17.9 Å². The molecule has 2 unspecified atom stereocenters. The Kier molecular flexibility index (Phi) is 3.91. The zero-order valence-corrected chi connectivity index (χ0v) is 15.8. The highest BCUT2D eigenvalue weighted by Gasteiger charge is 2.45. The Hall–Kier alpha value is -3.19. The standard InChI is InChI=1S/C21H16N4O2S/c1-12-14(7-4-8-23-12)18-9-16-19(28-18)20(26)25(21(27)24-16)17-11-22-10-13-5-2-3-6-15(13)17/h2-11,16,19H,1H3,(H,24,27). The van der Waals surface area contributed by atoms with Gasteiger partial charge in [-0.15, -0.1) is 11.8 Å². The van der Waals surface area contributed by atoms with Crippen molar-refractivity contribution in [1.82, 2.24) is 15.3 Å². The maximum absolute atomic E-state index is 13.3. The average molecular weight is 388 g/mol. The van der Waals surface area contributed by atoms with Crippen LogP contribution in [0.2, 0.25) is 0 Å². The number of fused-ring (bicyclic) bond motifs is 2. The molecule has 4 heterocycles. The number of nitrogens with one attached hydrogen (secondary N) is 1. The molecule has 2 atom stereocenters. The lowest BCUT2D eigenvalue weighted by molar-refractivity contribution is -0.118. The van der Waals surface area contributed by atoms with Gasteiger partial charge in [-0.25, -0.2) is 9.69 Å². The van der Waals surface area contributed by atoms with Crippen LogP contribution in [0.5, 0.6) is 0 Å². The normalized spacial score (nSPS) is 21.5. The fourth-order valence-corrected chi connectivity index (χ4v) is 5.00. The van der Waals surface area contributed by atoms with Gasteiger partial charge in [0.15, 0.2) is 0 Å². The molecule has 1 fully saturated rings. The van der Waals surface area contributed by atoms with E-state index in [4.69, 9.17) is 0 Å². The van der Waals surface area contributed by atoms with Gasteiger partial charge in [0.1, 0.15) is 5.25 Å². The monoisotopic (exact) mass is 388 g/mol. The molecule has 138 valence electrons. The zero-order chi connectivity index (χ0) is 19.3. The van der Waals surface area contributed by atoms with Crippen molar-refractivity contribution >= 4 is 45.1 Å². The van der Waals surface area contributed by atoms with Crippen molar-refractivity contribution in [2.45, 2.75) is 18.2 Å². The summed E-state index contributed by atoms with van der Waals surface area (Å²) in [5, 5.41) is 4.25. The van der Waals surface area contributed by atoms with E-state index < -0.39 is 11.3 Å². The predicted molar refractivity (Wildman–Crippen MR) is 110 cm³/mol. The number of aryl methyl sites for hydroxylation is 1. The summed E-state index contributed by atoms with van der Waals surface area (Å²) in [5.41, 5.74) is 2.39. The third kappa shape index (κ3) is 2.58. The van der Waals surface area contributed by atoms with Gasteiger partial charge >= 0.3 is 6.03 Å². The first-order chi connectivity index (χ1) is 13.6. The third-order valence-corrected chi connectivity index (χ3v) is 6.39. The van der Waals surface area contributed by atoms with Crippen LogP contribution in [0.3, 0.4) is 0 Å². The van der Waals surface area contributed by atoms with Gasteiger partial charge in [0, 0.05) is 39.3 Å². The Labute approximate surface area is 165 Å². The van der Waals surface area contributed by atoms with E-state index in [9.17, 15) is 9.59 Å². The molecular formula is C21H16N4O2S. The average Bonchev–Trinajstić information content (AvgIpc) is 3.12. The Bertz CT molecular complexity index is 1150. The lowest BCUT2D eigenvalue weighted by Crippen LogP contribution is -2.60. The molecule has 0 aliphatic carbocycles. The molecule has 1 aromatic carbocycles. The number of carbonyl (C=O) groups excluding carboxylic acids is 2. The Morgan fingerprint density at radius 1 is 1.11 bits per heavy atom. The minimum absolute atomic E-state index is 0.232. The lowest BCUT2D eigenvalue weighted by Gasteiger charge is -2.33. The number of aromatic nitrogens is 2. The molecule has 3 aromatic rings. The van der Waals surface area contributed by atoms with Gasteiger partial charge in [0.25, 0.3) is 5.91 Å². The second-order valence-corrected chi connectivity index (χ2v) is 7.92. The van der Waals surface area contributed by atoms with E-state index in [0.717, 1.165) is 26.9 Å². The minimum Gasteiger partial charge on any atom is -0.329 e. The number of anilines is 1.